The standard InChI is InChI=1S/C12H26N2/c1-3-4-7-10-14(2)12(11-13)8-5-6-9-12/h3-11,13H2,1-2H3. The lowest BCUT2D eigenvalue weighted by Crippen LogP contribution is -2.50. The molecule has 0 aromatic heterocycles. The van der Waals surface area contributed by atoms with Crippen molar-refractivity contribution in [1.29, 1.82) is 0 Å². The van der Waals surface area contributed by atoms with E-state index < -0.39 is 0 Å². The van der Waals surface area contributed by atoms with Crippen LogP contribution in [0.3, 0.4) is 0 Å². The molecular formula is C12H26N2. The van der Waals surface area contributed by atoms with E-state index in [1.165, 1.54) is 51.5 Å². The van der Waals surface area contributed by atoms with Gasteiger partial charge in [-0.3, -0.25) is 4.90 Å². The predicted molar refractivity (Wildman–Crippen MR) is 62.4 cm³/mol. The van der Waals surface area contributed by atoms with E-state index in [0.717, 1.165) is 6.54 Å². The van der Waals surface area contributed by atoms with Crippen molar-refractivity contribution in [2.24, 2.45) is 5.73 Å². The van der Waals surface area contributed by atoms with Crippen LogP contribution in [0.2, 0.25) is 0 Å². The summed E-state index contributed by atoms with van der Waals surface area (Å²) in [4.78, 5) is 2.52. The number of hydrogen-bond acceptors (Lipinski definition) is 2. The van der Waals surface area contributed by atoms with Gasteiger partial charge in [0.25, 0.3) is 0 Å². The molecule has 0 aromatic carbocycles. The minimum atomic E-state index is 0.355. The van der Waals surface area contributed by atoms with Crippen molar-refractivity contribution in [3.05, 3.63) is 0 Å². The van der Waals surface area contributed by atoms with Crippen molar-refractivity contribution < 1.29 is 0 Å². The van der Waals surface area contributed by atoms with Gasteiger partial charge < -0.3 is 5.73 Å². The van der Waals surface area contributed by atoms with Gasteiger partial charge in [-0.2, -0.15) is 0 Å². The van der Waals surface area contributed by atoms with Crippen LogP contribution in [-0.4, -0.2) is 30.6 Å². The summed E-state index contributed by atoms with van der Waals surface area (Å²) in [6.07, 6.45) is 9.35. The third kappa shape index (κ3) is 2.71. The summed E-state index contributed by atoms with van der Waals surface area (Å²) in [6.45, 7) is 4.33. The van der Waals surface area contributed by atoms with Gasteiger partial charge in [-0.1, -0.05) is 32.6 Å². The molecule has 0 amide bonds. The lowest BCUT2D eigenvalue weighted by Gasteiger charge is -2.38. The smallest absolute Gasteiger partial charge is 0.0328 e. The Morgan fingerprint density at radius 3 is 2.36 bits per heavy atom. The van der Waals surface area contributed by atoms with E-state index in [1.54, 1.807) is 0 Å². The zero-order chi connectivity index (χ0) is 10.4. The highest BCUT2D eigenvalue weighted by Gasteiger charge is 2.35. The second-order valence-electron chi connectivity index (χ2n) is 4.76. The van der Waals surface area contributed by atoms with Crippen LogP contribution in [0.1, 0.15) is 51.9 Å². The molecule has 2 heteroatoms. The van der Waals surface area contributed by atoms with E-state index in [1.807, 2.05) is 0 Å². The average molecular weight is 198 g/mol. The quantitative estimate of drug-likeness (QED) is 0.664. The Bertz CT molecular complexity index is 150. The monoisotopic (exact) mass is 198 g/mol. The highest BCUT2D eigenvalue weighted by molar-refractivity contribution is 4.94. The van der Waals surface area contributed by atoms with Gasteiger partial charge in [0.2, 0.25) is 0 Å². The summed E-state index contributed by atoms with van der Waals surface area (Å²) < 4.78 is 0. The molecule has 1 aliphatic carbocycles. The normalized spacial score (nSPS) is 20.6. The fourth-order valence-corrected chi connectivity index (χ4v) is 2.61. The van der Waals surface area contributed by atoms with Crippen LogP contribution >= 0.6 is 0 Å². The van der Waals surface area contributed by atoms with Gasteiger partial charge in [-0.15, -0.1) is 0 Å². The summed E-state index contributed by atoms with van der Waals surface area (Å²) in [6, 6.07) is 0. The molecule has 0 unspecified atom stereocenters. The number of unbranched alkanes of at least 4 members (excludes halogenated alkanes) is 2. The summed E-state index contributed by atoms with van der Waals surface area (Å²) >= 11 is 0. The lowest BCUT2D eigenvalue weighted by atomic mass is 9.95. The first-order valence-corrected chi connectivity index (χ1v) is 6.16. The Morgan fingerprint density at radius 1 is 1.21 bits per heavy atom. The highest BCUT2D eigenvalue weighted by atomic mass is 15.2. The average Bonchev–Trinajstić information content (AvgIpc) is 2.67. The molecule has 0 atom stereocenters. The summed E-state index contributed by atoms with van der Waals surface area (Å²) in [5, 5.41) is 0. The highest BCUT2D eigenvalue weighted by Crippen LogP contribution is 2.33. The fourth-order valence-electron chi connectivity index (χ4n) is 2.61. The van der Waals surface area contributed by atoms with E-state index >= 15 is 0 Å². The van der Waals surface area contributed by atoms with Crippen LogP contribution in [0.25, 0.3) is 0 Å². The first-order chi connectivity index (χ1) is 6.75. The van der Waals surface area contributed by atoms with Crippen molar-refractivity contribution in [3.8, 4) is 0 Å². The minimum absolute atomic E-state index is 0.355. The second-order valence-corrected chi connectivity index (χ2v) is 4.76. The van der Waals surface area contributed by atoms with E-state index in [4.69, 9.17) is 5.73 Å². The van der Waals surface area contributed by atoms with Crippen molar-refractivity contribution in [3.63, 3.8) is 0 Å². The third-order valence-corrected chi connectivity index (χ3v) is 3.82. The molecule has 1 aliphatic rings. The first kappa shape index (κ1) is 12.0. The molecule has 0 heterocycles. The van der Waals surface area contributed by atoms with Crippen LogP contribution in [0, 0.1) is 0 Å². The Hall–Kier alpha value is -0.0800. The molecule has 1 saturated carbocycles. The molecule has 0 radical (unpaired) electrons. The lowest BCUT2D eigenvalue weighted by molar-refractivity contribution is 0.129. The summed E-state index contributed by atoms with van der Waals surface area (Å²) in [5.74, 6) is 0. The molecule has 0 saturated heterocycles. The maximum Gasteiger partial charge on any atom is 0.0328 e. The van der Waals surface area contributed by atoms with Gasteiger partial charge in [-0.25, -0.2) is 0 Å². The van der Waals surface area contributed by atoms with Gasteiger partial charge >= 0.3 is 0 Å². The van der Waals surface area contributed by atoms with Crippen LogP contribution in [0.5, 0.6) is 0 Å². The number of nitrogens with two attached hydrogens (primary N) is 1. The van der Waals surface area contributed by atoms with Crippen LogP contribution in [0.15, 0.2) is 0 Å². The second kappa shape index (κ2) is 5.72. The van der Waals surface area contributed by atoms with Gasteiger partial charge in [0.15, 0.2) is 0 Å². The molecule has 2 N–H and O–H groups in total. The fraction of sp³-hybridized carbons (Fsp3) is 1.00. The predicted octanol–water partition coefficient (Wildman–Crippen LogP) is 2.38. The van der Waals surface area contributed by atoms with E-state index in [9.17, 15) is 0 Å². The third-order valence-electron chi connectivity index (χ3n) is 3.82. The zero-order valence-corrected chi connectivity index (χ0v) is 9.89. The Morgan fingerprint density at radius 2 is 1.86 bits per heavy atom. The topological polar surface area (TPSA) is 29.3 Å². The Balaban J connectivity index is 2.35. The molecule has 0 spiro atoms. The molecule has 84 valence electrons. The summed E-state index contributed by atoms with van der Waals surface area (Å²) in [5.41, 5.74) is 6.29. The van der Waals surface area contributed by atoms with Crippen molar-refractivity contribution in [1.82, 2.24) is 4.90 Å². The molecular weight excluding hydrogens is 172 g/mol. The minimum Gasteiger partial charge on any atom is -0.329 e. The van der Waals surface area contributed by atoms with E-state index in [2.05, 4.69) is 18.9 Å². The van der Waals surface area contributed by atoms with E-state index in [-0.39, 0.29) is 0 Å². The maximum absolute atomic E-state index is 5.93. The molecule has 2 nitrogen and oxygen atoms in total. The SMILES string of the molecule is CCCCCN(C)C1(CN)CCCC1. The molecule has 0 aliphatic heterocycles. The van der Waals surface area contributed by atoms with Crippen LogP contribution < -0.4 is 5.73 Å². The van der Waals surface area contributed by atoms with Gasteiger partial charge in [0.1, 0.15) is 0 Å². The Kier molecular flexibility index (Phi) is 4.90. The van der Waals surface area contributed by atoms with E-state index in [0.29, 0.717) is 5.54 Å². The van der Waals surface area contributed by atoms with Crippen LogP contribution in [-0.2, 0) is 0 Å². The number of nitrogens with zero attached hydrogens (tertiary/aromatic N) is 1. The molecule has 1 rings (SSSR count). The van der Waals surface area contributed by atoms with Crippen molar-refractivity contribution in [2.75, 3.05) is 20.1 Å². The molecule has 0 bridgehead atoms. The molecule has 14 heavy (non-hydrogen) atoms. The van der Waals surface area contributed by atoms with Gasteiger partial charge in [0, 0.05) is 12.1 Å². The van der Waals surface area contributed by atoms with Crippen LogP contribution in [0.4, 0.5) is 0 Å². The molecule has 1 fully saturated rings. The van der Waals surface area contributed by atoms with Gasteiger partial charge in [0.05, 0.1) is 0 Å². The van der Waals surface area contributed by atoms with Crippen molar-refractivity contribution >= 4 is 0 Å². The van der Waals surface area contributed by atoms with Gasteiger partial charge in [-0.05, 0) is 32.9 Å². The largest absolute Gasteiger partial charge is 0.329 e. The zero-order valence-electron chi connectivity index (χ0n) is 9.89. The summed E-state index contributed by atoms with van der Waals surface area (Å²) in [7, 11) is 2.26. The number of hydrogen-bond donors (Lipinski definition) is 1. The Labute approximate surface area is 88.8 Å². The van der Waals surface area contributed by atoms with Crippen molar-refractivity contribution in [2.45, 2.75) is 57.4 Å². The molecule has 0 aromatic rings. The number of rotatable bonds is 6. The first-order valence-electron chi connectivity index (χ1n) is 6.16. The maximum atomic E-state index is 5.93. The number of likely N-dealkylation sites (N-methyl/N-ethyl adjacent to an activating group) is 1.